The van der Waals surface area contributed by atoms with E-state index in [2.05, 4.69) is 13.8 Å². The molecule has 0 saturated heterocycles. The fourth-order valence-corrected chi connectivity index (χ4v) is 3.26. The molecule has 0 bridgehead atoms. The molecule has 0 heterocycles. The van der Waals surface area contributed by atoms with Gasteiger partial charge in [-0.15, -0.1) is 0 Å². The lowest BCUT2D eigenvalue weighted by atomic mass is 10.1. The first-order valence-corrected chi connectivity index (χ1v) is 11.0. The van der Waals surface area contributed by atoms with Crippen molar-refractivity contribution in [1.82, 2.24) is 0 Å². The van der Waals surface area contributed by atoms with Crippen LogP contribution in [0.25, 0.3) is 10.8 Å². The molecule has 0 amide bonds. The molecule has 0 spiro atoms. The second kappa shape index (κ2) is 11.4. The fraction of sp³-hybridized carbons (Fsp3) is 0.500. The van der Waals surface area contributed by atoms with Crippen molar-refractivity contribution < 1.29 is 14.4 Å². The number of hydrogen-bond acceptors (Lipinski definition) is 3. The van der Waals surface area contributed by atoms with Gasteiger partial charge in [0.25, 0.3) is 0 Å². The molecule has 3 N–H and O–H groups in total. The maximum Gasteiger partial charge on any atom is 0.529 e. The zero-order chi connectivity index (χ0) is 17.8. The van der Waals surface area contributed by atoms with Crippen molar-refractivity contribution in [3.05, 3.63) is 42.5 Å². The second-order valence-electron chi connectivity index (χ2n) is 6.32. The number of benzene rings is 2. The van der Waals surface area contributed by atoms with E-state index in [1.807, 2.05) is 24.3 Å². The molecule has 24 heavy (non-hydrogen) atoms. The Hall–Kier alpha value is -1.20. The van der Waals surface area contributed by atoms with E-state index in [-0.39, 0.29) is 5.19 Å². The molecule has 0 aliphatic heterocycles. The highest BCUT2D eigenvalue weighted by Gasteiger charge is 2.30. The summed E-state index contributed by atoms with van der Waals surface area (Å²) in [5, 5.41) is 2.10. The van der Waals surface area contributed by atoms with Crippen molar-refractivity contribution >= 4 is 24.8 Å². The van der Waals surface area contributed by atoms with Crippen molar-refractivity contribution in [2.45, 2.75) is 65.2 Å². The average molecular weight is 349 g/mol. The van der Waals surface area contributed by atoms with Crippen LogP contribution in [0, 0.1) is 0 Å². The first-order chi connectivity index (χ1) is 11.5. The van der Waals surface area contributed by atoms with Crippen LogP contribution in [0.15, 0.2) is 42.5 Å². The van der Waals surface area contributed by atoms with Gasteiger partial charge in [-0.05, 0) is 16.8 Å². The molecule has 3 nitrogen and oxygen atoms in total. The minimum atomic E-state index is -4.15. The van der Waals surface area contributed by atoms with Gasteiger partial charge < -0.3 is 14.4 Å². The first kappa shape index (κ1) is 20.8. The van der Waals surface area contributed by atoms with Gasteiger partial charge in [0.1, 0.15) is 0 Å². The smallest absolute Gasteiger partial charge is 0.386 e. The van der Waals surface area contributed by atoms with Gasteiger partial charge >= 0.3 is 8.80 Å². The molecule has 134 valence electrons. The zero-order valence-corrected chi connectivity index (χ0v) is 16.0. The predicted octanol–water partition coefficient (Wildman–Crippen LogP) is 4.11. The van der Waals surface area contributed by atoms with Gasteiger partial charge in [-0.2, -0.15) is 0 Å². The molecular formula is C20H32O3Si. The van der Waals surface area contributed by atoms with Gasteiger partial charge in [-0.3, -0.25) is 0 Å². The summed E-state index contributed by atoms with van der Waals surface area (Å²) in [5.74, 6) is 0. The van der Waals surface area contributed by atoms with E-state index in [0.717, 1.165) is 10.8 Å². The lowest BCUT2D eigenvalue weighted by Crippen LogP contribution is -2.48. The van der Waals surface area contributed by atoms with Crippen LogP contribution < -0.4 is 5.19 Å². The Morgan fingerprint density at radius 1 is 0.667 bits per heavy atom. The van der Waals surface area contributed by atoms with Crippen molar-refractivity contribution in [3.63, 3.8) is 0 Å². The summed E-state index contributed by atoms with van der Waals surface area (Å²) >= 11 is 0. The van der Waals surface area contributed by atoms with Crippen LogP contribution >= 0.6 is 0 Å². The lowest BCUT2D eigenvalue weighted by Gasteiger charge is -2.09. The van der Waals surface area contributed by atoms with Gasteiger partial charge in [-0.1, -0.05) is 102 Å². The highest BCUT2D eigenvalue weighted by atomic mass is 28.4. The Bertz CT molecular complexity index is 570. The third kappa shape index (κ3) is 8.06. The van der Waals surface area contributed by atoms with Crippen molar-refractivity contribution in [2.24, 2.45) is 0 Å². The number of unbranched alkanes of at least 4 members (excludes halogenated alkanes) is 7. The minimum Gasteiger partial charge on any atom is -0.386 e. The Kier molecular flexibility index (Phi) is 9.87. The average Bonchev–Trinajstić information content (AvgIpc) is 2.57. The molecule has 2 rings (SSSR count). The molecule has 0 aromatic heterocycles. The van der Waals surface area contributed by atoms with Gasteiger partial charge in [0.15, 0.2) is 0 Å². The monoisotopic (exact) mass is 348 g/mol. The van der Waals surface area contributed by atoms with Gasteiger partial charge in [0.2, 0.25) is 0 Å². The summed E-state index contributed by atoms with van der Waals surface area (Å²) in [7, 11) is -4.15. The third-order valence-corrected chi connectivity index (χ3v) is 5.18. The van der Waals surface area contributed by atoms with Crippen LogP contribution in [0.3, 0.4) is 0 Å². The molecule has 0 radical (unpaired) electrons. The Labute approximate surface area is 147 Å². The highest BCUT2D eigenvalue weighted by Crippen LogP contribution is 2.12. The molecular weight excluding hydrogens is 316 g/mol. The molecule has 4 heteroatoms. The third-order valence-electron chi connectivity index (χ3n) is 4.09. The Morgan fingerprint density at radius 2 is 1.17 bits per heavy atom. The van der Waals surface area contributed by atoms with Crippen molar-refractivity contribution in [2.75, 3.05) is 0 Å². The standard InChI is InChI=1S/C10H10O3Si.C10H22/c11-14(12,13)10-6-5-8-3-1-2-4-9(8)7-10;1-3-5-7-9-10-8-6-4-2/h1-7,11-13H;3-10H2,1-2H3. The highest BCUT2D eigenvalue weighted by molar-refractivity contribution is 6.71. The molecule has 0 atom stereocenters. The van der Waals surface area contributed by atoms with Gasteiger partial charge in [-0.25, -0.2) is 0 Å². The zero-order valence-electron chi connectivity index (χ0n) is 15.0. The maximum atomic E-state index is 9.10. The summed E-state index contributed by atoms with van der Waals surface area (Å²) in [6, 6.07) is 12.4. The molecule has 0 unspecified atom stereocenters. The summed E-state index contributed by atoms with van der Waals surface area (Å²) in [5.41, 5.74) is 0. The van der Waals surface area contributed by atoms with Crippen LogP contribution in [0.4, 0.5) is 0 Å². The molecule has 2 aromatic rings. The SMILES string of the molecule is CCCCCCCCCC.O[Si](O)(O)c1ccc2ccccc2c1. The van der Waals surface area contributed by atoms with Crippen molar-refractivity contribution in [1.29, 1.82) is 0 Å². The molecule has 0 aliphatic rings. The van der Waals surface area contributed by atoms with Crippen LogP contribution in [0.5, 0.6) is 0 Å². The van der Waals surface area contributed by atoms with Crippen LogP contribution in [0.2, 0.25) is 0 Å². The summed E-state index contributed by atoms with van der Waals surface area (Å²) in [4.78, 5) is 27.3. The van der Waals surface area contributed by atoms with Crippen LogP contribution in [-0.2, 0) is 0 Å². The number of fused-ring (bicyclic) bond motifs is 1. The summed E-state index contributed by atoms with van der Waals surface area (Å²) in [6.07, 6.45) is 11.5. The van der Waals surface area contributed by atoms with Crippen molar-refractivity contribution in [3.8, 4) is 0 Å². The van der Waals surface area contributed by atoms with E-state index >= 15 is 0 Å². The molecule has 0 saturated carbocycles. The van der Waals surface area contributed by atoms with E-state index in [9.17, 15) is 0 Å². The van der Waals surface area contributed by atoms with E-state index < -0.39 is 8.80 Å². The van der Waals surface area contributed by atoms with E-state index in [4.69, 9.17) is 14.4 Å². The minimum absolute atomic E-state index is 0.205. The van der Waals surface area contributed by atoms with E-state index in [1.165, 1.54) is 57.4 Å². The van der Waals surface area contributed by atoms with Crippen LogP contribution in [-0.4, -0.2) is 23.2 Å². The topological polar surface area (TPSA) is 60.7 Å². The first-order valence-electron chi connectivity index (χ1n) is 9.15. The largest absolute Gasteiger partial charge is 0.529 e. The number of rotatable bonds is 8. The Morgan fingerprint density at radius 3 is 1.67 bits per heavy atom. The second-order valence-corrected chi connectivity index (χ2v) is 8.17. The summed E-state index contributed by atoms with van der Waals surface area (Å²) in [6.45, 7) is 4.54. The fourth-order valence-electron chi connectivity index (χ4n) is 2.61. The molecule has 2 aromatic carbocycles. The quantitative estimate of drug-likeness (QED) is 0.497. The molecule has 0 fully saturated rings. The number of hydrogen-bond donors (Lipinski definition) is 3. The normalized spacial score (nSPS) is 11.2. The maximum absolute atomic E-state index is 9.10. The summed E-state index contributed by atoms with van der Waals surface area (Å²) < 4.78 is 0. The van der Waals surface area contributed by atoms with Crippen LogP contribution in [0.1, 0.15) is 65.2 Å². The van der Waals surface area contributed by atoms with Gasteiger partial charge in [0.05, 0.1) is 0 Å². The lowest BCUT2D eigenvalue weighted by molar-refractivity contribution is 0.250. The molecule has 0 aliphatic carbocycles. The Balaban J connectivity index is 0.000000257. The van der Waals surface area contributed by atoms with E-state index in [0.29, 0.717) is 0 Å². The predicted molar refractivity (Wildman–Crippen MR) is 104 cm³/mol. The van der Waals surface area contributed by atoms with Gasteiger partial charge in [0, 0.05) is 5.19 Å². The van der Waals surface area contributed by atoms with E-state index in [1.54, 1.807) is 12.1 Å².